The summed E-state index contributed by atoms with van der Waals surface area (Å²) in [5.74, 6) is 1.50. The van der Waals surface area contributed by atoms with Crippen molar-refractivity contribution in [1.29, 1.82) is 0 Å². The molecule has 0 bridgehead atoms. The van der Waals surface area contributed by atoms with Crippen molar-refractivity contribution in [1.82, 2.24) is 20.1 Å². The standard InChI is InChI=1S/C9H13N5O/c1-2-3-6(10)9-13-8(14-15-9)7-11-4-5-12-7/h4-6H,2-3,10H2,1H3,(H,11,12)/t6-/m0/s1. The van der Waals surface area contributed by atoms with Crippen LogP contribution in [0.3, 0.4) is 0 Å². The van der Waals surface area contributed by atoms with Crippen LogP contribution in [-0.2, 0) is 0 Å². The van der Waals surface area contributed by atoms with Crippen molar-refractivity contribution >= 4 is 0 Å². The van der Waals surface area contributed by atoms with Gasteiger partial charge in [-0.3, -0.25) is 0 Å². The lowest BCUT2D eigenvalue weighted by molar-refractivity contribution is 0.348. The number of hydrogen-bond donors (Lipinski definition) is 2. The Labute approximate surface area is 86.9 Å². The third kappa shape index (κ3) is 2.04. The highest BCUT2D eigenvalue weighted by Gasteiger charge is 2.15. The number of nitrogens with two attached hydrogens (primary N) is 1. The third-order valence-electron chi connectivity index (χ3n) is 2.07. The highest BCUT2D eigenvalue weighted by molar-refractivity contribution is 5.40. The van der Waals surface area contributed by atoms with Gasteiger partial charge >= 0.3 is 0 Å². The Bertz CT molecular complexity index is 408. The zero-order valence-corrected chi connectivity index (χ0v) is 8.47. The van der Waals surface area contributed by atoms with Gasteiger partial charge in [-0.2, -0.15) is 4.98 Å². The molecule has 0 aliphatic heterocycles. The Hall–Kier alpha value is -1.69. The van der Waals surface area contributed by atoms with Crippen molar-refractivity contribution in [2.75, 3.05) is 0 Å². The molecule has 0 aliphatic rings. The topological polar surface area (TPSA) is 93.6 Å². The fourth-order valence-corrected chi connectivity index (χ4v) is 1.30. The molecule has 80 valence electrons. The molecule has 0 saturated heterocycles. The zero-order valence-electron chi connectivity index (χ0n) is 8.47. The van der Waals surface area contributed by atoms with Crippen LogP contribution in [0.1, 0.15) is 31.7 Å². The van der Waals surface area contributed by atoms with Crippen molar-refractivity contribution in [3.63, 3.8) is 0 Å². The lowest BCUT2D eigenvalue weighted by Gasteiger charge is -2.01. The van der Waals surface area contributed by atoms with Gasteiger partial charge in [-0.25, -0.2) is 4.98 Å². The molecule has 0 fully saturated rings. The number of imidazole rings is 1. The molecule has 15 heavy (non-hydrogen) atoms. The van der Waals surface area contributed by atoms with Gasteiger partial charge < -0.3 is 15.2 Å². The van der Waals surface area contributed by atoms with Crippen LogP contribution in [0.4, 0.5) is 0 Å². The molecule has 6 heteroatoms. The molecule has 6 nitrogen and oxygen atoms in total. The maximum absolute atomic E-state index is 5.85. The van der Waals surface area contributed by atoms with E-state index in [-0.39, 0.29) is 6.04 Å². The summed E-state index contributed by atoms with van der Waals surface area (Å²) in [6.07, 6.45) is 5.16. The Morgan fingerprint density at radius 2 is 2.47 bits per heavy atom. The van der Waals surface area contributed by atoms with Crippen molar-refractivity contribution in [3.05, 3.63) is 18.3 Å². The lowest BCUT2D eigenvalue weighted by atomic mass is 10.2. The summed E-state index contributed by atoms with van der Waals surface area (Å²) in [4.78, 5) is 11.1. The van der Waals surface area contributed by atoms with E-state index in [1.54, 1.807) is 12.4 Å². The van der Waals surface area contributed by atoms with E-state index in [0.717, 1.165) is 12.8 Å². The minimum Gasteiger partial charge on any atom is -0.342 e. The first-order valence-corrected chi connectivity index (χ1v) is 4.90. The predicted molar refractivity (Wildman–Crippen MR) is 53.7 cm³/mol. The second kappa shape index (κ2) is 4.22. The van der Waals surface area contributed by atoms with Gasteiger partial charge in [0.15, 0.2) is 5.82 Å². The SMILES string of the molecule is CCC[C@H](N)c1nc(-c2ncc[nH]2)no1. The predicted octanol–water partition coefficient (Wildman–Crippen LogP) is 1.26. The first-order chi connectivity index (χ1) is 7.31. The van der Waals surface area contributed by atoms with Gasteiger partial charge in [0.1, 0.15) is 0 Å². The number of nitrogens with zero attached hydrogens (tertiary/aromatic N) is 3. The molecule has 0 saturated carbocycles. The minimum absolute atomic E-state index is 0.189. The van der Waals surface area contributed by atoms with Crippen molar-refractivity contribution in [2.24, 2.45) is 5.73 Å². The Morgan fingerprint density at radius 3 is 3.13 bits per heavy atom. The zero-order chi connectivity index (χ0) is 10.7. The Kier molecular flexibility index (Phi) is 2.77. The first kappa shape index (κ1) is 9.85. The summed E-state index contributed by atoms with van der Waals surface area (Å²) < 4.78 is 5.06. The highest BCUT2D eigenvalue weighted by Crippen LogP contribution is 2.16. The highest BCUT2D eigenvalue weighted by atomic mass is 16.5. The molecule has 0 unspecified atom stereocenters. The summed E-state index contributed by atoms with van der Waals surface area (Å²) >= 11 is 0. The molecular formula is C9H13N5O. The third-order valence-corrected chi connectivity index (χ3v) is 2.07. The van der Waals surface area contributed by atoms with Gasteiger partial charge in [0.25, 0.3) is 0 Å². The van der Waals surface area contributed by atoms with Crippen LogP contribution in [0.5, 0.6) is 0 Å². The molecule has 2 rings (SSSR count). The molecule has 0 aromatic carbocycles. The fourth-order valence-electron chi connectivity index (χ4n) is 1.30. The maximum atomic E-state index is 5.85. The lowest BCUT2D eigenvalue weighted by Crippen LogP contribution is -2.09. The summed E-state index contributed by atoms with van der Waals surface area (Å²) in [7, 11) is 0. The first-order valence-electron chi connectivity index (χ1n) is 4.90. The average Bonchev–Trinajstić information content (AvgIpc) is 2.89. The second-order valence-electron chi connectivity index (χ2n) is 3.29. The smallest absolute Gasteiger partial charge is 0.243 e. The fraction of sp³-hybridized carbons (Fsp3) is 0.444. The monoisotopic (exact) mass is 207 g/mol. The largest absolute Gasteiger partial charge is 0.342 e. The molecular weight excluding hydrogens is 194 g/mol. The minimum atomic E-state index is -0.189. The normalized spacial score (nSPS) is 12.9. The summed E-state index contributed by atoms with van der Waals surface area (Å²) in [6.45, 7) is 2.06. The van der Waals surface area contributed by atoms with Crippen LogP contribution in [-0.4, -0.2) is 20.1 Å². The van der Waals surface area contributed by atoms with Gasteiger partial charge in [-0.05, 0) is 6.42 Å². The van der Waals surface area contributed by atoms with Gasteiger partial charge in [0, 0.05) is 12.4 Å². The molecule has 1 atom stereocenters. The number of aromatic nitrogens is 4. The molecule has 3 N–H and O–H groups in total. The van der Waals surface area contributed by atoms with Gasteiger partial charge in [0.2, 0.25) is 11.7 Å². The molecule has 0 aliphatic carbocycles. The van der Waals surface area contributed by atoms with E-state index in [1.807, 2.05) is 0 Å². The molecule has 0 amide bonds. The molecule has 2 heterocycles. The summed E-state index contributed by atoms with van der Waals surface area (Å²) in [5.41, 5.74) is 5.85. The van der Waals surface area contributed by atoms with Crippen LogP contribution in [0, 0.1) is 0 Å². The average molecular weight is 207 g/mol. The van der Waals surface area contributed by atoms with E-state index in [2.05, 4.69) is 27.0 Å². The number of nitrogens with one attached hydrogen (secondary N) is 1. The van der Waals surface area contributed by atoms with Crippen molar-refractivity contribution < 1.29 is 4.52 Å². The number of rotatable bonds is 4. The van der Waals surface area contributed by atoms with Crippen molar-refractivity contribution in [2.45, 2.75) is 25.8 Å². The molecule has 2 aromatic heterocycles. The summed E-state index contributed by atoms with van der Waals surface area (Å²) in [5, 5.41) is 3.80. The summed E-state index contributed by atoms with van der Waals surface area (Å²) in [6, 6.07) is -0.189. The van der Waals surface area contributed by atoms with E-state index >= 15 is 0 Å². The molecule has 2 aromatic rings. The molecule has 0 radical (unpaired) electrons. The van der Waals surface area contributed by atoms with Gasteiger partial charge in [-0.1, -0.05) is 18.5 Å². The Balaban J connectivity index is 2.17. The number of aromatic amines is 1. The van der Waals surface area contributed by atoms with E-state index < -0.39 is 0 Å². The quantitative estimate of drug-likeness (QED) is 0.787. The number of hydrogen-bond acceptors (Lipinski definition) is 5. The van der Waals surface area contributed by atoms with E-state index in [1.165, 1.54) is 0 Å². The van der Waals surface area contributed by atoms with E-state index in [0.29, 0.717) is 17.5 Å². The second-order valence-corrected chi connectivity index (χ2v) is 3.29. The van der Waals surface area contributed by atoms with Crippen LogP contribution < -0.4 is 5.73 Å². The van der Waals surface area contributed by atoms with Crippen LogP contribution in [0.2, 0.25) is 0 Å². The Morgan fingerprint density at radius 1 is 1.60 bits per heavy atom. The molecule has 0 spiro atoms. The van der Waals surface area contributed by atoms with E-state index in [4.69, 9.17) is 10.3 Å². The van der Waals surface area contributed by atoms with Gasteiger partial charge in [0.05, 0.1) is 6.04 Å². The van der Waals surface area contributed by atoms with Crippen molar-refractivity contribution in [3.8, 4) is 11.6 Å². The van der Waals surface area contributed by atoms with Crippen LogP contribution in [0.25, 0.3) is 11.6 Å². The van der Waals surface area contributed by atoms with E-state index in [9.17, 15) is 0 Å². The van der Waals surface area contributed by atoms with Crippen LogP contribution >= 0.6 is 0 Å². The number of H-pyrrole nitrogens is 1. The van der Waals surface area contributed by atoms with Gasteiger partial charge in [-0.15, -0.1) is 0 Å². The maximum Gasteiger partial charge on any atom is 0.243 e. The van der Waals surface area contributed by atoms with Crippen LogP contribution in [0.15, 0.2) is 16.9 Å².